The first kappa shape index (κ1) is 14.7. The minimum Gasteiger partial charge on any atom is -0.478 e. The van der Waals surface area contributed by atoms with Gasteiger partial charge in [-0.1, -0.05) is 25.4 Å². The average molecular weight is 273 g/mol. The maximum atomic E-state index is 10.9. The van der Waals surface area contributed by atoms with E-state index in [1.54, 1.807) is 0 Å². The van der Waals surface area contributed by atoms with Gasteiger partial charge >= 0.3 is 5.97 Å². The monoisotopic (exact) mass is 272 g/mol. The number of nitrogens with one attached hydrogen (secondary N) is 1. The van der Waals surface area contributed by atoms with Gasteiger partial charge in [0.2, 0.25) is 0 Å². The van der Waals surface area contributed by atoms with E-state index in [4.69, 9.17) is 16.7 Å². The Morgan fingerprint density at radius 2 is 2.22 bits per heavy atom. The zero-order valence-corrected chi connectivity index (χ0v) is 11.1. The van der Waals surface area contributed by atoms with Crippen molar-refractivity contribution < 1.29 is 15.0 Å². The highest BCUT2D eigenvalue weighted by Gasteiger charge is 2.11. The number of anilines is 1. The van der Waals surface area contributed by atoms with E-state index in [9.17, 15) is 9.90 Å². The first-order valence-corrected chi connectivity index (χ1v) is 6.08. The summed E-state index contributed by atoms with van der Waals surface area (Å²) >= 11 is 5.70. The molecule has 6 heteroatoms. The molecule has 1 aromatic rings. The van der Waals surface area contributed by atoms with Crippen molar-refractivity contribution in [1.29, 1.82) is 0 Å². The predicted octanol–water partition coefficient (Wildman–Crippen LogP) is 2.25. The van der Waals surface area contributed by atoms with Gasteiger partial charge in [0.15, 0.2) is 0 Å². The first-order valence-electron chi connectivity index (χ1n) is 5.71. The van der Waals surface area contributed by atoms with Crippen molar-refractivity contribution in [3.8, 4) is 0 Å². The quantitative estimate of drug-likeness (QED) is 0.740. The molecule has 5 nitrogen and oxygen atoms in total. The fourth-order valence-electron chi connectivity index (χ4n) is 1.55. The Kier molecular flexibility index (Phi) is 5.37. The number of halogens is 1. The molecule has 0 aliphatic carbocycles. The summed E-state index contributed by atoms with van der Waals surface area (Å²) in [5.41, 5.74) is -0.00693. The standard InChI is InChI=1S/C12H17ClN2O3/c1-7(2)3-8(16)5-14-11-4-9(12(17)18)10(13)6-15-11/h4,6-8,16H,3,5H2,1-2H3,(H,14,15)(H,17,18). The highest BCUT2D eigenvalue weighted by atomic mass is 35.5. The summed E-state index contributed by atoms with van der Waals surface area (Å²) in [7, 11) is 0. The summed E-state index contributed by atoms with van der Waals surface area (Å²) in [5, 5.41) is 21.6. The zero-order chi connectivity index (χ0) is 13.7. The molecule has 1 rings (SSSR count). The van der Waals surface area contributed by atoms with E-state index >= 15 is 0 Å². The number of hydrogen-bond acceptors (Lipinski definition) is 4. The van der Waals surface area contributed by atoms with Crippen LogP contribution in [0.2, 0.25) is 5.02 Å². The van der Waals surface area contributed by atoms with Crippen molar-refractivity contribution in [1.82, 2.24) is 4.98 Å². The maximum Gasteiger partial charge on any atom is 0.337 e. The van der Waals surface area contributed by atoms with Crippen LogP contribution in [0.5, 0.6) is 0 Å². The lowest BCUT2D eigenvalue weighted by atomic mass is 10.1. The number of hydrogen-bond donors (Lipinski definition) is 3. The van der Waals surface area contributed by atoms with E-state index in [1.165, 1.54) is 12.3 Å². The van der Waals surface area contributed by atoms with Crippen LogP contribution in [-0.2, 0) is 0 Å². The molecule has 0 fully saturated rings. The summed E-state index contributed by atoms with van der Waals surface area (Å²) in [6, 6.07) is 1.35. The van der Waals surface area contributed by atoms with Crippen LogP contribution in [0, 0.1) is 5.92 Å². The molecule has 0 saturated carbocycles. The van der Waals surface area contributed by atoms with Gasteiger partial charge in [-0.15, -0.1) is 0 Å². The van der Waals surface area contributed by atoms with Crippen molar-refractivity contribution >= 4 is 23.4 Å². The molecule has 1 heterocycles. The largest absolute Gasteiger partial charge is 0.478 e. The predicted molar refractivity (Wildman–Crippen MR) is 70.2 cm³/mol. The van der Waals surface area contributed by atoms with Crippen LogP contribution in [-0.4, -0.2) is 33.8 Å². The molecular weight excluding hydrogens is 256 g/mol. The Hall–Kier alpha value is -1.33. The van der Waals surface area contributed by atoms with Gasteiger partial charge in [-0.05, 0) is 18.4 Å². The number of rotatable bonds is 6. The van der Waals surface area contributed by atoms with E-state index in [-0.39, 0.29) is 10.6 Å². The average Bonchev–Trinajstić information content (AvgIpc) is 2.26. The van der Waals surface area contributed by atoms with Crippen LogP contribution in [0.15, 0.2) is 12.3 Å². The van der Waals surface area contributed by atoms with E-state index < -0.39 is 12.1 Å². The van der Waals surface area contributed by atoms with Gasteiger partial charge in [0, 0.05) is 12.7 Å². The van der Waals surface area contributed by atoms with Crippen LogP contribution in [0.3, 0.4) is 0 Å². The van der Waals surface area contributed by atoms with E-state index in [2.05, 4.69) is 10.3 Å². The Balaban J connectivity index is 2.63. The third-order valence-electron chi connectivity index (χ3n) is 2.35. The fourth-order valence-corrected chi connectivity index (χ4v) is 1.73. The lowest BCUT2D eigenvalue weighted by Crippen LogP contribution is -2.21. The summed E-state index contributed by atoms with van der Waals surface area (Å²) in [4.78, 5) is 14.8. The second-order valence-corrected chi connectivity index (χ2v) is 4.93. The number of pyridine rings is 1. The fraction of sp³-hybridized carbons (Fsp3) is 0.500. The maximum absolute atomic E-state index is 10.9. The zero-order valence-electron chi connectivity index (χ0n) is 10.4. The number of aromatic nitrogens is 1. The van der Waals surface area contributed by atoms with E-state index in [0.29, 0.717) is 24.7 Å². The molecule has 1 unspecified atom stereocenters. The molecule has 0 aliphatic heterocycles. The number of carboxylic acid groups (broad SMARTS) is 1. The Labute approximate surface area is 111 Å². The molecule has 1 aromatic heterocycles. The number of aliphatic hydroxyl groups excluding tert-OH is 1. The molecular formula is C12H17ClN2O3. The van der Waals surface area contributed by atoms with Gasteiger partial charge in [0.1, 0.15) is 5.82 Å². The van der Waals surface area contributed by atoms with E-state index in [0.717, 1.165) is 0 Å². The summed E-state index contributed by atoms with van der Waals surface area (Å²) < 4.78 is 0. The van der Waals surface area contributed by atoms with Crippen molar-refractivity contribution in [2.45, 2.75) is 26.4 Å². The number of carbonyl (C=O) groups is 1. The molecule has 0 aromatic carbocycles. The molecule has 100 valence electrons. The van der Waals surface area contributed by atoms with Crippen molar-refractivity contribution in [2.24, 2.45) is 5.92 Å². The van der Waals surface area contributed by atoms with Gasteiger partial charge < -0.3 is 15.5 Å². The third-order valence-corrected chi connectivity index (χ3v) is 2.65. The normalized spacial score (nSPS) is 12.5. The molecule has 1 atom stereocenters. The molecule has 0 aliphatic rings. The Morgan fingerprint density at radius 1 is 1.56 bits per heavy atom. The Bertz CT molecular complexity index is 424. The Morgan fingerprint density at radius 3 is 2.78 bits per heavy atom. The van der Waals surface area contributed by atoms with Gasteiger partial charge in [-0.25, -0.2) is 9.78 Å². The first-order chi connectivity index (χ1) is 8.40. The number of aromatic carboxylic acids is 1. The van der Waals surface area contributed by atoms with Gasteiger partial charge in [0.25, 0.3) is 0 Å². The lowest BCUT2D eigenvalue weighted by Gasteiger charge is -2.14. The van der Waals surface area contributed by atoms with Crippen LogP contribution >= 0.6 is 11.6 Å². The van der Waals surface area contributed by atoms with Crippen molar-refractivity contribution in [3.05, 3.63) is 22.8 Å². The molecule has 0 saturated heterocycles. The SMILES string of the molecule is CC(C)CC(O)CNc1cc(C(=O)O)c(Cl)cn1. The molecule has 18 heavy (non-hydrogen) atoms. The van der Waals surface area contributed by atoms with Crippen LogP contribution < -0.4 is 5.32 Å². The van der Waals surface area contributed by atoms with Gasteiger partial charge in [-0.2, -0.15) is 0 Å². The second-order valence-electron chi connectivity index (χ2n) is 4.52. The smallest absolute Gasteiger partial charge is 0.337 e. The number of aliphatic hydroxyl groups is 1. The summed E-state index contributed by atoms with van der Waals surface area (Å²) in [5.74, 6) is -0.317. The molecule has 0 bridgehead atoms. The summed E-state index contributed by atoms with van der Waals surface area (Å²) in [6.07, 6.45) is 1.46. The van der Waals surface area contributed by atoms with Crippen LogP contribution in [0.25, 0.3) is 0 Å². The van der Waals surface area contributed by atoms with Crippen molar-refractivity contribution in [2.75, 3.05) is 11.9 Å². The van der Waals surface area contributed by atoms with Crippen molar-refractivity contribution in [3.63, 3.8) is 0 Å². The second kappa shape index (κ2) is 6.56. The minimum atomic E-state index is -1.10. The van der Waals surface area contributed by atoms with Gasteiger partial charge in [0.05, 0.1) is 16.7 Å². The van der Waals surface area contributed by atoms with Crippen LogP contribution in [0.1, 0.15) is 30.6 Å². The molecule has 0 spiro atoms. The lowest BCUT2D eigenvalue weighted by molar-refractivity contribution is 0.0697. The number of carboxylic acids is 1. The summed E-state index contributed by atoms with van der Waals surface area (Å²) in [6.45, 7) is 4.37. The highest BCUT2D eigenvalue weighted by molar-refractivity contribution is 6.33. The topological polar surface area (TPSA) is 82.5 Å². The molecule has 3 N–H and O–H groups in total. The van der Waals surface area contributed by atoms with Gasteiger partial charge in [-0.3, -0.25) is 0 Å². The van der Waals surface area contributed by atoms with Crippen LogP contribution in [0.4, 0.5) is 5.82 Å². The van der Waals surface area contributed by atoms with E-state index in [1.807, 2.05) is 13.8 Å². The highest BCUT2D eigenvalue weighted by Crippen LogP contribution is 2.18. The number of nitrogens with zero attached hydrogens (tertiary/aromatic N) is 1. The molecule has 0 radical (unpaired) electrons. The molecule has 0 amide bonds. The minimum absolute atomic E-state index is 0.00693. The third kappa shape index (κ3) is 4.50.